The van der Waals surface area contributed by atoms with Gasteiger partial charge >= 0.3 is 5.97 Å². The van der Waals surface area contributed by atoms with Crippen LogP contribution in [0.2, 0.25) is 0 Å². The summed E-state index contributed by atoms with van der Waals surface area (Å²) in [6, 6.07) is 15.3. The summed E-state index contributed by atoms with van der Waals surface area (Å²) in [5.41, 5.74) is 3.79. The number of benzene rings is 2. The first-order chi connectivity index (χ1) is 12.5. The molecule has 0 fully saturated rings. The molecule has 26 heavy (non-hydrogen) atoms. The molecule has 0 aromatic heterocycles. The lowest BCUT2D eigenvalue weighted by atomic mass is 9.99. The molecule has 0 saturated heterocycles. The van der Waals surface area contributed by atoms with Crippen LogP contribution in [0.3, 0.4) is 0 Å². The average molecular weight is 352 g/mol. The third kappa shape index (κ3) is 3.87. The SMILES string of the molecule is C[C@@H](OC(=O)c1cccc(N(C)C)c1)C(=O)N1CCc2ccccc2C1. The molecule has 0 radical (unpaired) electrons. The monoisotopic (exact) mass is 352 g/mol. The molecule has 0 aliphatic carbocycles. The highest BCUT2D eigenvalue weighted by molar-refractivity contribution is 5.93. The maximum absolute atomic E-state index is 12.7. The van der Waals surface area contributed by atoms with E-state index in [0.717, 1.165) is 17.7 Å². The van der Waals surface area contributed by atoms with Gasteiger partial charge in [-0.25, -0.2) is 4.79 Å². The molecule has 2 aromatic carbocycles. The molecule has 1 aliphatic rings. The molecule has 0 saturated carbocycles. The second-order valence-electron chi connectivity index (χ2n) is 6.77. The quantitative estimate of drug-likeness (QED) is 0.794. The number of ether oxygens (including phenoxy) is 1. The summed E-state index contributed by atoms with van der Waals surface area (Å²) in [6.07, 6.45) is 0.0174. The molecule has 0 bridgehead atoms. The van der Waals surface area contributed by atoms with Gasteiger partial charge in [0.2, 0.25) is 0 Å². The number of anilines is 1. The van der Waals surface area contributed by atoms with Crippen molar-refractivity contribution in [2.75, 3.05) is 25.5 Å². The molecule has 5 nitrogen and oxygen atoms in total. The third-order valence-corrected chi connectivity index (χ3v) is 4.67. The molecular formula is C21H24N2O3. The van der Waals surface area contributed by atoms with Crippen molar-refractivity contribution in [1.82, 2.24) is 4.90 Å². The smallest absolute Gasteiger partial charge is 0.338 e. The van der Waals surface area contributed by atoms with Crippen LogP contribution in [0.1, 0.15) is 28.4 Å². The van der Waals surface area contributed by atoms with Crippen molar-refractivity contribution in [2.24, 2.45) is 0 Å². The molecule has 1 heterocycles. The zero-order valence-electron chi connectivity index (χ0n) is 15.4. The van der Waals surface area contributed by atoms with Crippen molar-refractivity contribution < 1.29 is 14.3 Å². The highest BCUT2D eigenvalue weighted by atomic mass is 16.5. The number of carbonyl (C=O) groups is 2. The van der Waals surface area contributed by atoms with Crippen LogP contribution < -0.4 is 4.90 Å². The van der Waals surface area contributed by atoms with Crippen molar-refractivity contribution in [3.63, 3.8) is 0 Å². The lowest BCUT2D eigenvalue weighted by Crippen LogP contribution is -2.42. The Balaban J connectivity index is 1.64. The van der Waals surface area contributed by atoms with E-state index in [-0.39, 0.29) is 5.91 Å². The Bertz CT molecular complexity index is 816. The first-order valence-corrected chi connectivity index (χ1v) is 8.79. The minimum Gasteiger partial charge on any atom is -0.449 e. The first-order valence-electron chi connectivity index (χ1n) is 8.79. The molecule has 0 spiro atoms. The van der Waals surface area contributed by atoms with Crippen LogP contribution in [0.15, 0.2) is 48.5 Å². The second-order valence-corrected chi connectivity index (χ2v) is 6.77. The van der Waals surface area contributed by atoms with Crippen LogP contribution in [0.4, 0.5) is 5.69 Å². The van der Waals surface area contributed by atoms with Gasteiger partial charge in [-0.05, 0) is 42.7 Å². The molecule has 1 amide bonds. The molecule has 0 unspecified atom stereocenters. The molecule has 0 N–H and O–H groups in total. The highest BCUT2D eigenvalue weighted by Gasteiger charge is 2.27. The standard InChI is InChI=1S/C21H24N2O3/c1-15(26-21(25)17-9-6-10-19(13-17)22(2)3)20(24)23-12-11-16-7-4-5-8-18(16)14-23/h4-10,13,15H,11-12,14H2,1-3H3/t15-/m1/s1. The van der Waals surface area contributed by atoms with Gasteiger partial charge in [-0.1, -0.05) is 30.3 Å². The Morgan fingerprint density at radius 1 is 1.08 bits per heavy atom. The van der Waals surface area contributed by atoms with E-state index in [4.69, 9.17) is 4.74 Å². The van der Waals surface area contributed by atoms with Gasteiger partial charge in [0.15, 0.2) is 6.10 Å². The summed E-state index contributed by atoms with van der Waals surface area (Å²) in [7, 11) is 3.82. The number of nitrogens with zero attached hydrogens (tertiary/aromatic N) is 2. The van der Waals surface area contributed by atoms with Crippen LogP contribution in [-0.4, -0.2) is 43.5 Å². The minimum atomic E-state index is -0.809. The number of fused-ring (bicyclic) bond motifs is 1. The first kappa shape index (κ1) is 18.0. The van der Waals surface area contributed by atoms with Crippen LogP contribution in [0.25, 0.3) is 0 Å². The number of esters is 1. The van der Waals surface area contributed by atoms with Crippen molar-refractivity contribution in [1.29, 1.82) is 0 Å². The van der Waals surface area contributed by atoms with E-state index >= 15 is 0 Å². The summed E-state index contributed by atoms with van der Waals surface area (Å²) in [4.78, 5) is 28.8. The highest BCUT2D eigenvalue weighted by Crippen LogP contribution is 2.20. The molecule has 1 aliphatic heterocycles. The fourth-order valence-corrected chi connectivity index (χ4v) is 3.13. The lowest BCUT2D eigenvalue weighted by molar-refractivity contribution is -0.140. The fourth-order valence-electron chi connectivity index (χ4n) is 3.13. The third-order valence-electron chi connectivity index (χ3n) is 4.67. The zero-order chi connectivity index (χ0) is 18.7. The minimum absolute atomic E-state index is 0.156. The van der Waals surface area contributed by atoms with E-state index in [1.807, 2.05) is 43.3 Å². The van der Waals surface area contributed by atoms with Gasteiger partial charge in [-0.3, -0.25) is 4.79 Å². The summed E-state index contributed by atoms with van der Waals surface area (Å²) < 4.78 is 5.43. The van der Waals surface area contributed by atoms with Crippen molar-refractivity contribution in [2.45, 2.75) is 26.0 Å². The van der Waals surface area contributed by atoms with E-state index in [0.29, 0.717) is 18.7 Å². The van der Waals surface area contributed by atoms with Crippen molar-refractivity contribution in [3.05, 3.63) is 65.2 Å². The number of amides is 1. The summed E-state index contributed by atoms with van der Waals surface area (Å²) >= 11 is 0. The largest absolute Gasteiger partial charge is 0.449 e. The van der Waals surface area contributed by atoms with Gasteiger partial charge in [0.1, 0.15) is 0 Å². The Morgan fingerprint density at radius 2 is 1.81 bits per heavy atom. The Labute approximate surface area is 154 Å². The second kappa shape index (κ2) is 7.60. The van der Waals surface area contributed by atoms with Crippen LogP contribution in [0.5, 0.6) is 0 Å². The van der Waals surface area contributed by atoms with Crippen LogP contribution in [0, 0.1) is 0 Å². The Morgan fingerprint density at radius 3 is 2.54 bits per heavy atom. The van der Waals surface area contributed by atoms with Gasteiger partial charge in [0, 0.05) is 32.9 Å². The molecule has 3 rings (SSSR count). The number of hydrogen-bond acceptors (Lipinski definition) is 4. The van der Waals surface area contributed by atoms with Gasteiger partial charge in [0.05, 0.1) is 5.56 Å². The average Bonchev–Trinajstić information content (AvgIpc) is 2.67. The van der Waals surface area contributed by atoms with Crippen LogP contribution in [-0.2, 0) is 22.5 Å². The Kier molecular flexibility index (Phi) is 5.26. The van der Waals surface area contributed by atoms with E-state index in [1.54, 1.807) is 30.0 Å². The fraction of sp³-hybridized carbons (Fsp3) is 0.333. The predicted molar refractivity (Wildman–Crippen MR) is 101 cm³/mol. The van der Waals surface area contributed by atoms with Gasteiger partial charge < -0.3 is 14.5 Å². The topological polar surface area (TPSA) is 49.9 Å². The molecule has 2 aromatic rings. The Hall–Kier alpha value is -2.82. The zero-order valence-corrected chi connectivity index (χ0v) is 15.4. The van der Waals surface area contributed by atoms with Crippen LogP contribution >= 0.6 is 0 Å². The molecule has 136 valence electrons. The van der Waals surface area contributed by atoms with E-state index < -0.39 is 12.1 Å². The van der Waals surface area contributed by atoms with E-state index in [2.05, 4.69) is 6.07 Å². The molecule has 5 heteroatoms. The van der Waals surface area contributed by atoms with Crippen molar-refractivity contribution in [3.8, 4) is 0 Å². The molecular weight excluding hydrogens is 328 g/mol. The van der Waals surface area contributed by atoms with Gasteiger partial charge in [-0.2, -0.15) is 0 Å². The van der Waals surface area contributed by atoms with Gasteiger partial charge in [0.25, 0.3) is 5.91 Å². The molecule has 1 atom stereocenters. The maximum atomic E-state index is 12.7. The summed E-state index contributed by atoms with van der Waals surface area (Å²) in [5.74, 6) is -0.636. The van der Waals surface area contributed by atoms with Gasteiger partial charge in [-0.15, -0.1) is 0 Å². The summed E-state index contributed by atoms with van der Waals surface area (Å²) in [6.45, 7) is 2.84. The number of hydrogen-bond donors (Lipinski definition) is 0. The maximum Gasteiger partial charge on any atom is 0.338 e. The van der Waals surface area contributed by atoms with E-state index in [9.17, 15) is 9.59 Å². The normalized spacial score (nSPS) is 14.3. The van der Waals surface area contributed by atoms with Crippen molar-refractivity contribution >= 4 is 17.6 Å². The predicted octanol–water partition coefficient (Wildman–Crippen LogP) is 2.88. The number of rotatable bonds is 4. The lowest BCUT2D eigenvalue weighted by Gasteiger charge is -2.30. The number of carbonyl (C=O) groups excluding carboxylic acids is 2. The summed E-state index contributed by atoms with van der Waals surface area (Å²) in [5, 5.41) is 0. The van der Waals surface area contributed by atoms with E-state index in [1.165, 1.54) is 5.56 Å².